The number of amides is 1. The molecule has 1 unspecified atom stereocenters. The van der Waals surface area contributed by atoms with E-state index in [1.54, 1.807) is 7.11 Å². The van der Waals surface area contributed by atoms with Crippen LogP contribution >= 0.6 is 11.3 Å². The van der Waals surface area contributed by atoms with Gasteiger partial charge in [-0.3, -0.25) is 4.79 Å². The largest absolute Gasteiger partial charge is 0.497 e. The van der Waals surface area contributed by atoms with E-state index in [9.17, 15) is 4.79 Å². The normalized spacial score (nSPS) is 13.0. The second-order valence-corrected chi connectivity index (χ2v) is 5.58. The molecule has 1 aromatic carbocycles. The Morgan fingerprint density at radius 3 is 2.62 bits per heavy atom. The molecule has 1 atom stereocenters. The first-order valence-corrected chi connectivity index (χ1v) is 7.23. The van der Waals surface area contributed by atoms with Crippen molar-refractivity contribution in [2.45, 2.75) is 19.3 Å². The SMILES string of the molecule is C#CC(C)(c1ccc(OC)cc1)c1csc(NC(C)=O)n1. The number of nitrogens with zero attached hydrogens (tertiary/aromatic N) is 1. The third-order valence-electron chi connectivity index (χ3n) is 3.26. The lowest BCUT2D eigenvalue weighted by Crippen LogP contribution is -2.22. The number of hydrogen-bond acceptors (Lipinski definition) is 4. The van der Waals surface area contributed by atoms with Crippen molar-refractivity contribution in [1.29, 1.82) is 0 Å². The van der Waals surface area contributed by atoms with Crippen molar-refractivity contribution in [3.63, 3.8) is 0 Å². The number of terminal acetylenes is 1. The van der Waals surface area contributed by atoms with E-state index in [1.807, 2.05) is 36.6 Å². The maximum atomic E-state index is 11.1. The zero-order chi connectivity index (χ0) is 15.5. The van der Waals surface area contributed by atoms with Crippen molar-refractivity contribution in [3.8, 4) is 18.1 Å². The van der Waals surface area contributed by atoms with Gasteiger partial charge < -0.3 is 10.1 Å². The third-order valence-corrected chi connectivity index (χ3v) is 4.01. The number of carbonyl (C=O) groups excluding carboxylic acids is 1. The van der Waals surface area contributed by atoms with Gasteiger partial charge in [0.15, 0.2) is 5.13 Å². The van der Waals surface area contributed by atoms with Crippen LogP contribution in [0.3, 0.4) is 0 Å². The fourth-order valence-corrected chi connectivity index (χ4v) is 2.81. The lowest BCUT2D eigenvalue weighted by Gasteiger charge is -2.22. The molecule has 21 heavy (non-hydrogen) atoms. The molecule has 0 aliphatic heterocycles. The van der Waals surface area contributed by atoms with Gasteiger partial charge in [0, 0.05) is 12.3 Å². The van der Waals surface area contributed by atoms with Crippen molar-refractivity contribution in [2.75, 3.05) is 12.4 Å². The van der Waals surface area contributed by atoms with E-state index in [-0.39, 0.29) is 5.91 Å². The Morgan fingerprint density at radius 2 is 2.10 bits per heavy atom. The third kappa shape index (κ3) is 3.06. The summed E-state index contributed by atoms with van der Waals surface area (Å²) in [6, 6.07) is 7.59. The standard InChI is InChI=1S/C16H16N2O2S/c1-5-16(3,12-6-8-13(20-4)9-7-12)14-10-21-15(18-14)17-11(2)19/h1,6-10H,2-4H3,(H,17,18,19). The summed E-state index contributed by atoms with van der Waals surface area (Å²) in [4.78, 5) is 15.5. The molecule has 5 heteroatoms. The molecule has 0 aliphatic carbocycles. The first-order valence-electron chi connectivity index (χ1n) is 6.35. The molecule has 0 radical (unpaired) electrons. The van der Waals surface area contributed by atoms with Gasteiger partial charge >= 0.3 is 0 Å². The molecule has 1 aromatic heterocycles. The van der Waals surface area contributed by atoms with Gasteiger partial charge in [-0.1, -0.05) is 18.1 Å². The average Bonchev–Trinajstić information content (AvgIpc) is 2.94. The fourth-order valence-electron chi connectivity index (χ4n) is 1.94. The number of ether oxygens (including phenoxy) is 1. The molecule has 1 N–H and O–H groups in total. The minimum Gasteiger partial charge on any atom is -0.497 e. The summed E-state index contributed by atoms with van der Waals surface area (Å²) in [6.45, 7) is 3.38. The maximum Gasteiger partial charge on any atom is 0.223 e. The monoisotopic (exact) mass is 300 g/mol. The Kier molecular flexibility index (Phi) is 4.29. The average molecular weight is 300 g/mol. The summed E-state index contributed by atoms with van der Waals surface area (Å²) >= 11 is 1.36. The quantitative estimate of drug-likeness (QED) is 0.883. The highest BCUT2D eigenvalue weighted by molar-refractivity contribution is 7.13. The highest BCUT2D eigenvalue weighted by atomic mass is 32.1. The van der Waals surface area contributed by atoms with Gasteiger partial charge in [0.2, 0.25) is 5.91 Å². The summed E-state index contributed by atoms with van der Waals surface area (Å²) in [5, 5.41) is 5.09. The summed E-state index contributed by atoms with van der Waals surface area (Å²) in [6.07, 6.45) is 5.75. The van der Waals surface area contributed by atoms with E-state index >= 15 is 0 Å². The molecule has 4 nitrogen and oxygen atoms in total. The number of nitrogens with one attached hydrogen (secondary N) is 1. The molecule has 1 amide bonds. The van der Waals surface area contributed by atoms with E-state index in [0.29, 0.717) is 5.13 Å². The highest BCUT2D eigenvalue weighted by Crippen LogP contribution is 2.34. The van der Waals surface area contributed by atoms with Crippen molar-refractivity contribution in [2.24, 2.45) is 0 Å². The van der Waals surface area contributed by atoms with Gasteiger partial charge in [-0.2, -0.15) is 0 Å². The second kappa shape index (κ2) is 5.98. The van der Waals surface area contributed by atoms with E-state index < -0.39 is 5.41 Å². The smallest absolute Gasteiger partial charge is 0.223 e. The van der Waals surface area contributed by atoms with Crippen molar-refractivity contribution < 1.29 is 9.53 Å². The van der Waals surface area contributed by atoms with Gasteiger partial charge in [0.25, 0.3) is 0 Å². The minimum atomic E-state index is -0.653. The van der Waals surface area contributed by atoms with Gasteiger partial charge in [-0.05, 0) is 24.6 Å². The molecule has 0 bridgehead atoms. The van der Waals surface area contributed by atoms with Crippen molar-refractivity contribution >= 4 is 22.4 Å². The molecular formula is C16H16N2O2S. The predicted molar refractivity (Wildman–Crippen MR) is 84.7 cm³/mol. The van der Waals surface area contributed by atoms with Crippen LogP contribution < -0.4 is 10.1 Å². The molecule has 0 aliphatic rings. The molecule has 2 rings (SSSR count). The van der Waals surface area contributed by atoms with Gasteiger partial charge in [-0.25, -0.2) is 4.98 Å². The molecule has 1 heterocycles. The van der Waals surface area contributed by atoms with Crippen LogP contribution in [0.4, 0.5) is 5.13 Å². The van der Waals surface area contributed by atoms with Crippen LogP contribution in [0.1, 0.15) is 25.1 Å². The lowest BCUT2D eigenvalue weighted by atomic mass is 9.81. The zero-order valence-electron chi connectivity index (χ0n) is 12.1. The number of rotatable bonds is 4. The predicted octanol–water partition coefficient (Wildman–Crippen LogP) is 3.05. The van der Waals surface area contributed by atoms with E-state index in [2.05, 4.69) is 16.2 Å². The molecule has 2 aromatic rings. The Labute approximate surface area is 128 Å². The summed E-state index contributed by atoms with van der Waals surface area (Å²) in [7, 11) is 1.62. The summed E-state index contributed by atoms with van der Waals surface area (Å²) in [5.41, 5.74) is 1.04. The van der Waals surface area contributed by atoms with Crippen LogP contribution in [0, 0.1) is 12.3 Å². The second-order valence-electron chi connectivity index (χ2n) is 4.72. The molecule has 0 saturated carbocycles. The minimum absolute atomic E-state index is 0.150. The number of methoxy groups -OCH3 is 1. The molecular weight excluding hydrogens is 284 g/mol. The van der Waals surface area contributed by atoms with Crippen LogP contribution in [0.2, 0.25) is 0 Å². The highest BCUT2D eigenvalue weighted by Gasteiger charge is 2.29. The van der Waals surface area contributed by atoms with Crippen LogP contribution in [0.25, 0.3) is 0 Å². The summed E-state index contributed by atoms with van der Waals surface area (Å²) < 4.78 is 5.16. The first kappa shape index (κ1) is 15.1. The van der Waals surface area contributed by atoms with Gasteiger partial charge in [0.05, 0.1) is 18.2 Å². The Bertz CT molecular complexity index is 685. The van der Waals surface area contributed by atoms with Crippen LogP contribution in [-0.4, -0.2) is 18.0 Å². The van der Waals surface area contributed by atoms with Crippen molar-refractivity contribution in [3.05, 3.63) is 40.9 Å². The molecule has 0 spiro atoms. The van der Waals surface area contributed by atoms with Gasteiger partial charge in [-0.15, -0.1) is 17.8 Å². The van der Waals surface area contributed by atoms with Crippen molar-refractivity contribution in [1.82, 2.24) is 4.98 Å². The van der Waals surface area contributed by atoms with E-state index in [0.717, 1.165) is 17.0 Å². The number of thiazole rings is 1. The van der Waals surface area contributed by atoms with Gasteiger partial charge in [0.1, 0.15) is 5.75 Å². The van der Waals surface area contributed by atoms with Crippen LogP contribution in [-0.2, 0) is 10.2 Å². The van der Waals surface area contributed by atoms with Crippen LogP contribution in [0.15, 0.2) is 29.6 Å². The number of aromatic nitrogens is 1. The Hall–Kier alpha value is -2.32. The zero-order valence-corrected chi connectivity index (χ0v) is 13.0. The molecule has 0 saturated heterocycles. The molecule has 0 fully saturated rings. The maximum absolute atomic E-state index is 11.1. The number of hydrogen-bond donors (Lipinski definition) is 1. The lowest BCUT2D eigenvalue weighted by molar-refractivity contribution is -0.114. The number of carbonyl (C=O) groups is 1. The first-order chi connectivity index (χ1) is 9.99. The Balaban J connectivity index is 2.38. The number of benzene rings is 1. The van der Waals surface area contributed by atoms with E-state index in [1.165, 1.54) is 18.3 Å². The molecule has 108 valence electrons. The number of anilines is 1. The fraction of sp³-hybridized carbons (Fsp3) is 0.250. The summed E-state index contributed by atoms with van der Waals surface area (Å²) in [5.74, 6) is 3.43. The Morgan fingerprint density at radius 1 is 1.43 bits per heavy atom. The van der Waals surface area contributed by atoms with Crippen LogP contribution in [0.5, 0.6) is 5.75 Å². The topological polar surface area (TPSA) is 51.2 Å². The van der Waals surface area contributed by atoms with E-state index in [4.69, 9.17) is 11.2 Å².